The highest BCUT2D eigenvalue weighted by Crippen LogP contribution is 2.21. The van der Waals surface area contributed by atoms with Gasteiger partial charge in [0.15, 0.2) is 5.82 Å². The van der Waals surface area contributed by atoms with E-state index in [2.05, 4.69) is 15.1 Å². The minimum absolute atomic E-state index is 0.0160. The second kappa shape index (κ2) is 4.66. The summed E-state index contributed by atoms with van der Waals surface area (Å²) in [5.74, 6) is 1.47. The lowest BCUT2D eigenvalue weighted by Crippen LogP contribution is -1.91. The van der Waals surface area contributed by atoms with E-state index >= 15 is 0 Å². The van der Waals surface area contributed by atoms with E-state index in [1.54, 1.807) is 10.8 Å². The second-order valence-electron chi connectivity index (χ2n) is 4.14. The van der Waals surface area contributed by atoms with Crippen molar-refractivity contribution in [2.75, 3.05) is 0 Å². The molecule has 0 saturated heterocycles. The molecule has 0 spiro atoms. The van der Waals surface area contributed by atoms with Gasteiger partial charge in [0.25, 0.3) is 5.89 Å². The number of nitrogens with zero attached hydrogens (tertiary/aromatic N) is 4. The molecule has 3 rings (SSSR count). The van der Waals surface area contributed by atoms with Gasteiger partial charge in [-0.1, -0.05) is 23.4 Å². The van der Waals surface area contributed by atoms with Crippen LogP contribution >= 0.6 is 0 Å². The van der Waals surface area contributed by atoms with E-state index in [0.29, 0.717) is 17.5 Å². The van der Waals surface area contributed by atoms with Gasteiger partial charge in [0, 0.05) is 25.0 Å². The van der Waals surface area contributed by atoms with Crippen LogP contribution in [0.4, 0.5) is 0 Å². The van der Waals surface area contributed by atoms with E-state index in [4.69, 9.17) is 9.63 Å². The van der Waals surface area contributed by atoms with Crippen LogP contribution in [0.25, 0.3) is 23.1 Å². The van der Waals surface area contributed by atoms with Gasteiger partial charge < -0.3 is 14.2 Å². The fourth-order valence-corrected chi connectivity index (χ4v) is 1.81. The third kappa shape index (κ3) is 2.13. The number of imidazole rings is 1. The van der Waals surface area contributed by atoms with Gasteiger partial charge in [-0.2, -0.15) is 4.98 Å². The maximum absolute atomic E-state index is 9.12. The van der Waals surface area contributed by atoms with Crippen molar-refractivity contribution in [3.8, 4) is 23.1 Å². The van der Waals surface area contributed by atoms with E-state index in [1.165, 1.54) is 0 Å². The van der Waals surface area contributed by atoms with Gasteiger partial charge in [-0.3, -0.25) is 0 Å². The Hall–Kier alpha value is -2.47. The highest BCUT2D eigenvalue weighted by molar-refractivity contribution is 5.57. The lowest BCUT2D eigenvalue weighted by Gasteiger charge is -1.97. The summed E-state index contributed by atoms with van der Waals surface area (Å²) < 4.78 is 7.02. The standard InChI is InChI=1S/C13H12N4O2/c1-17-6-5-14-12(17)13-15-11(16-19-13)10-4-2-3-9(7-10)8-18/h2-7,18H,8H2,1H3. The van der Waals surface area contributed by atoms with Crippen LogP contribution in [0.3, 0.4) is 0 Å². The molecule has 2 heterocycles. The Kier molecular flexibility index (Phi) is 2.85. The van der Waals surface area contributed by atoms with Crippen LogP contribution in [0.15, 0.2) is 41.2 Å². The van der Waals surface area contributed by atoms with Gasteiger partial charge in [0.1, 0.15) is 0 Å². The molecule has 0 aliphatic carbocycles. The van der Waals surface area contributed by atoms with E-state index in [-0.39, 0.29) is 6.61 Å². The summed E-state index contributed by atoms with van der Waals surface area (Å²) in [7, 11) is 1.86. The van der Waals surface area contributed by atoms with Crippen LogP contribution in [0, 0.1) is 0 Å². The minimum atomic E-state index is -0.0160. The summed E-state index contributed by atoms with van der Waals surface area (Å²) in [4.78, 5) is 8.47. The summed E-state index contributed by atoms with van der Waals surface area (Å²) in [6, 6.07) is 7.38. The summed E-state index contributed by atoms with van der Waals surface area (Å²) in [6.45, 7) is -0.0160. The van der Waals surface area contributed by atoms with Crippen molar-refractivity contribution < 1.29 is 9.63 Å². The predicted octanol–water partition coefficient (Wildman–Crippen LogP) is 1.63. The summed E-state index contributed by atoms with van der Waals surface area (Å²) in [6.07, 6.45) is 3.48. The van der Waals surface area contributed by atoms with E-state index in [0.717, 1.165) is 11.1 Å². The molecular weight excluding hydrogens is 244 g/mol. The van der Waals surface area contributed by atoms with Gasteiger partial charge in [0.2, 0.25) is 5.82 Å². The number of aryl methyl sites for hydroxylation is 1. The first-order chi connectivity index (χ1) is 9.28. The van der Waals surface area contributed by atoms with Crippen LogP contribution in [-0.4, -0.2) is 24.8 Å². The number of aromatic nitrogens is 4. The Labute approximate surface area is 109 Å². The molecule has 19 heavy (non-hydrogen) atoms. The summed E-state index contributed by atoms with van der Waals surface area (Å²) >= 11 is 0. The van der Waals surface area contributed by atoms with E-state index in [1.807, 2.05) is 37.5 Å². The van der Waals surface area contributed by atoms with E-state index < -0.39 is 0 Å². The molecule has 6 heteroatoms. The first-order valence-corrected chi connectivity index (χ1v) is 5.79. The van der Waals surface area contributed by atoms with Crippen LogP contribution in [-0.2, 0) is 13.7 Å². The second-order valence-corrected chi connectivity index (χ2v) is 4.14. The average Bonchev–Trinajstić information content (AvgIpc) is 3.07. The number of aliphatic hydroxyl groups excluding tert-OH is 1. The molecular formula is C13H12N4O2. The molecule has 0 atom stereocenters. The van der Waals surface area contributed by atoms with Crippen LogP contribution < -0.4 is 0 Å². The van der Waals surface area contributed by atoms with Crippen molar-refractivity contribution >= 4 is 0 Å². The fourth-order valence-electron chi connectivity index (χ4n) is 1.81. The molecule has 0 aliphatic heterocycles. The largest absolute Gasteiger partial charge is 0.392 e. The lowest BCUT2D eigenvalue weighted by atomic mass is 10.1. The molecule has 0 saturated carbocycles. The van der Waals surface area contributed by atoms with E-state index in [9.17, 15) is 0 Å². The normalized spacial score (nSPS) is 10.8. The molecule has 0 bridgehead atoms. The van der Waals surface area contributed by atoms with Crippen molar-refractivity contribution in [1.29, 1.82) is 0 Å². The molecule has 3 aromatic rings. The van der Waals surface area contributed by atoms with Crippen molar-refractivity contribution in [1.82, 2.24) is 19.7 Å². The number of benzene rings is 1. The zero-order valence-electron chi connectivity index (χ0n) is 10.3. The van der Waals surface area contributed by atoms with Gasteiger partial charge >= 0.3 is 0 Å². The molecule has 96 valence electrons. The minimum Gasteiger partial charge on any atom is -0.392 e. The van der Waals surface area contributed by atoms with Gasteiger partial charge in [-0.05, 0) is 11.6 Å². The monoisotopic (exact) mass is 256 g/mol. The first kappa shape index (κ1) is 11.6. The highest BCUT2D eigenvalue weighted by atomic mass is 16.5. The van der Waals surface area contributed by atoms with Crippen LogP contribution in [0.5, 0.6) is 0 Å². The molecule has 0 amide bonds. The summed E-state index contributed by atoms with van der Waals surface area (Å²) in [5.41, 5.74) is 1.61. The van der Waals surface area contributed by atoms with Crippen molar-refractivity contribution in [3.63, 3.8) is 0 Å². The quantitative estimate of drug-likeness (QED) is 0.770. The van der Waals surface area contributed by atoms with Crippen molar-refractivity contribution in [3.05, 3.63) is 42.2 Å². The lowest BCUT2D eigenvalue weighted by molar-refractivity contribution is 0.282. The van der Waals surface area contributed by atoms with Gasteiger partial charge in [-0.15, -0.1) is 0 Å². The summed E-state index contributed by atoms with van der Waals surface area (Å²) in [5, 5.41) is 13.1. The third-order valence-electron chi connectivity index (χ3n) is 2.81. The van der Waals surface area contributed by atoms with Crippen LogP contribution in [0.2, 0.25) is 0 Å². The number of hydrogen-bond donors (Lipinski definition) is 1. The Bertz CT molecular complexity index is 702. The molecule has 0 aliphatic rings. The smallest absolute Gasteiger partial charge is 0.294 e. The molecule has 0 unspecified atom stereocenters. The number of aliphatic hydroxyl groups is 1. The molecule has 0 fully saturated rings. The number of hydrogen-bond acceptors (Lipinski definition) is 5. The zero-order valence-corrected chi connectivity index (χ0v) is 10.3. The van der Waals surface area contributed by atoms with Crippen molar-refractivity contribution in [2.24, 2.45) is 7.05 Å². The maximum Gasteiger partial charge on any atom is 0.294 e. The van der Waals surface area contributed by atoms with Gasteiger partial charge in [0.05, 0.1) is 6.61 Å². The predicted molar refractivity (Wildman–Crippen MR) is 67.9 cm³/mol. The Morgan fingerprint density at radius 2 is 2.26 bits per heavy atom. The molecule has 0 radical (unpaired) electrons. The number of rotatable bonds is 3. The maximum atomic E-state index is 9.12. The Morgan fingerprint density at radius 1 is 1.37 bits per heavy atom. The molecule has 1 N–H and O–H groups in total. The SMILES string of the molecule is Cn1ccnc1-c1nc(-c2cccc(CO)c2)no1. The molecule has 1 aromatic carbocycles. The van der Waals surface area contributed by atoms with Crippen LogP contribution in [0.1, 0.15) is 5.56 Å². The Morgan fingerprint density at radius 3 is 3.00 bits per heavy atom. The highest BCUT2D eigenvalue weighted by Gasteiger charge is 2.14. The zero-order chi connectivity index (χ0) is 13.2. The first-order valence-electron chi connectivity index (χ1n) is 5.79. The van der Waals surface area contributed by atoms with Crippen molar-refractivity contribution in [2.45, 2.75) is 6.61 Å². The fraction of sp³-hybridized carbons (Fsp3) is 0.154. The molecule has 2 aromatic heterocycles. The van der Waals surface area contributed by atoms with Gasteiger partial charge in [-0.25, -0.2) is 4.98 Å². The Balaban J connectivity index is 1.99. The topological polar surface area (TPSA) is 77.0 Å². The molecule has 6 nitrogen and oxygen atoms in total. The average molecular weight is 256 g/mol. The third-order valence-corrected chi connectivity index (χ3v) is 2.81.